The van der Waals surface area contributed by atoms with Crippen LogP contribution in [0.5, 0.6) is 5.75 Å². The Labute approximate surface area is 209 Å². The van der Waals surface area contributed by atoms with Crippen molar-refractivity contribution in [3.8, 4) is 17.6 Å². The Bertz CT molecular complexity index is 1250. The van der Waals surface area contributed by atoms with E-state index in [1.807, 2.05) is 41.3 Å². The number of rotatable bonds is 6. The number of hydrogen-bond donors (Lipinski definition) is 1. The number of fused-ring (bicyclic) bond motifs is 1. The summed E-state index contributed by atoms with van der Waals surface area (Å²) in [5.74, 6) is 8.07. The number of nitrogens with zero attached hydrogens (tertiary/aromatic N) is 6. The Morgan fingerprint density at radius 1 is 1.08 bits per heavy atom. The molecule has 186 valence electrons. The van der Waals surface area contributed by atoms with Gasteiger partial charge in [0.2, 0.25) is 5.91 Å². The molecule has 2 aliphatic heterocycles. The van der Waals surface area contributed by atoms with E-state index in [2.05, 4.69) is 41.6 Å². The third-order valence-electron chi connectivity index (χ3n) is 6.14. The molecule has 4 heterocycles. The fourth-order valence-electron chi connectivity index (χ4n) is 4.19. The van der Waals surface area contributed by atoms with Crippen LogP contribution < -0.4 is 9.64 Å². The van der Waals surface area contributed by atoms with Crippen LogP contribution in [0, 0.1) is 11.8 Å². The van der Waals surface area contributed by atoms with Gasteiger partial charge in [0.15, 0.2) is 22.8 Å². The average Bonchev–Trinajstić information content (AvgIpc) is 3.35. The fourth-order valence-corrected chi connectivity index (χ4v) is 4.19. The summed E-state index contributed by atoms with van der Waals surface area (Å²) in [7, 11) is 0. The van der Waals surface area contributed by atoms with Crippen LogP contribution in [0.15, 0.2) is 48.8 Å². The summed E-state index contributed by atoms with van der Waals surface area (Å²) in [4.78, 5) is 35.5. The molecule has 0 bridgehead atoms. The molecule has 0 atom stereocenters. The van der Waals surface area contributed by atoms with E-state index >= 15 is 0 Å². The Kier molecular flexibility index (Phi) is 7.70. The summed E-state index contributed by atoms with van der Waals surface area (Å²) in [6, 6.07) is 9.55. The SMILES string of the molecule is O=C(C=CCN1CCOCC1)N1CCN(c2ncnc3[nH]c(C#CCOc4ccccc4)nc23)CC1. The molecule has 2 aliphatic rings. The van der Waals surface area contributed by atoms with E-state index in [9.17, 15) is 4.79 Å². The van der Waals surface area contributed by atoms with Gasteiger partial charge in [-0.3, -0.25) is 9.69 Å². The molecule has 36 heavy (non-hydrogen) atoms. The zero-order valence-corrected chi connectivity index (χ0v) is 20.1. The molecule has 0 radical (unpaired) electrons. The largest absolute Gasteiger partial charge is 0.481 e. The molecule has 10 heteroatoms. The summed E-state index contributed by atoms with van der Waals surface area (Å²) in [5, 5.41) is 0. The number of amides is 1. The number of morpholine rings is 1. The Morgan fingerprint density at radius 3 is 2.69 bits per heavy atom. The third-order valence-corrected chi connectivity index (χ3v) is 6.14. The van der Waals surface area contributed by atoms with Crippen LogP contribution in [0.3, 0.4) is 0 Å². The second-order valence-electron chi connectivity index (χ2n) is 8.51. The Hall–Kier alpha value is -3.94. The molecule has 5 rings (SSSR count). The number of benzene rings is 1. The topological polar surface area (TPSA) is 99.7 Å². The number of H-pyrrole nitrogens is 1. The number of carbonyl (C=O) groups excluding carboxylic acids is 1. The number of carbonyl (C=O) groups is 1. The normalized spacial score (nSPS) is 16.8. The monoisotopic (exact) mass is 487 g/mol. The van der Waals surface area contributed by atoms with Crippen LogP contribution in [0.25, 0.3) is 11.2 Å². The van der Waals surface area contributed by atoms with E-state index in [-0.39, 0.29) is 12.5 Å². The van der Waals surface area contributed by atoms with Crippen LogP contribution in [0.2, 0.25) is 0 Å². The average molecular weight is 488 g/mol. The van der Waals surface area contributed by atoms with Gasteiger partial charge in [-0.05, 0) is 18.1 Å². The number of aromatic amines is 1. The van der Waals surface area contributed by atoms with Crippen molar-refractivity contribution < 1.29 is 14.3 Å². The van der Waals surface area contributed by atoms with Crippen molar-refractivity contribution in [2.45, 2.75) is 0 Å². The summed E-state index contributed by atoms with van der Waals surface area (Å²) >= 11 is 0. The van der Waals surface area contributed by atoms with Crippen LogP contribution in [-0.2, 0) is 9.53 Å². The highest BCUT2D eigenvalue weighted by molar-refractivity contribution is 5.88. The maximum atomic E-state index is 12.6. The number of para-hydroxylation sites is 1. The van der Waals surface area contributed by atoms with Gasteiger partial charge < -0.3 is 24.3 Å². The van der Waals surface area contributed by atoms with E-state index in [0.29, 0.717) is 43.2 Å². The first kappa shape index (κ1) is 23.8. The van der Waals surface area contributed by atoms with Crippen LogP contribution in [0.4, 0.5) is 5.82 Å². The van der Waals surface area contributed by atoms with E-state index < -0.39 is 0 Å². The van der Waals surface area contributed by atoms with E-state index in [1.165, 1.54) is 6.33 Å². The van der Waals surface area contributed by atoms with Crippen LogP contribution in [-0.4, -0.2) is 101 Å². The van der Waals surface area contributed by atoms with Crippen molar-refractivity contribution in [3.05, 3.63) is 54.6 Å². The number of anilines is 1. The first-order valence-corrected chi connectivity index (χ1v) is 12.1. The van der Waals surface area contributed by atoms with Gasteiger partial charge in [0, 0.05) is 51.9 Å². The highest BCUT2D eigenvalue weighted by Crippen LogP contribution is 2.22. The Balaban J connectivity index is 1.16. The number of imidazole rings is 1. The molecular weight excluding hydrogens is 458 g/mol. The van der Waals surface area contributed by atoms with E-state index in [0.717, 1.165) is 44.4 Å². The van der Waals surface area contributed by atoms with Crippen LogP contribution in [0.1, 0.15) is 5.82 Å². The summed E-state index contributed by atoms with van der Waals surface area (Å²) < 4.78 is 11.0. The number of piperazine rings is 1. The van der Waals surface area contributed by atoms with E-state index in [1.54, 1.807) is 6.08 Å². The first-order valence-electron chi connectivity index (χ1n) is 12.1. The van der Waals surface area contributed by atoms with Gasteiger partial charge in [-0.15, -0.1) is 0 Å². The van der Waals surface area contributed by atoms with Gasteiger partial charge in [-0.2, -0.15) is 0 Å². The van der Waals surface area contributed by atoms with Gasteiger partial charge in [0.25, 0.3) is 0 Å². The molecule has 2 fully saturated rings. The number of hydrogen-bond acceptors (Lipinski definition) is 8. The van der Waals surface area contributed by atoms with Crippen molar-refractivity contribution in [3.63, 3.8) is 0 Å². The highest BCUT2D eigenvalue weighted by atomic mass is 16.5. The standard InChI is InChI=1S/C26H29N7O3/c34-23(9-4-10-31-15-18-35-19-16-31)32-11-13-33(14-12-32)26-24-25(27-20-28-26)30-22(29-24)8-5-17-36-21-6-2-1-3-7-21/h1-4,6-7,9,20H,10-19H2,(H,27,28,29,30). The molecule has 0 aliphatic carbocycles. The predicted molar refractivity (Wildman–Crippen MR) is 136 cm³/mol. The maximum Gasteiger partial charge on any atom is 0.246 e. The minimum atomic E-state index is 0.0470. The number of aromatic nitrogens is 4. The lowest BCUT2D eigenvalue weighted by molar-refractivity contribution is -0.126. The lowest BCUT2D eigenvalue weighted by Crippen LogP contribution is -2.48. The van der Waals surface area contributed by atoms with E-state index in [4.69, 9.17) is 9.47 Å². The summed E-state index contributed by atoms with van der Waals surface area (Å²) in [6.45, 7) is 6.97. The summed E-state index contributed by atoms with van der Waals surface area (Å²) in [5.41, 5.74) is 1.31. The summed E-state index contributed by atoms with van der Waals surface area (Å²) in [6.07, 6.45) is 5.16. The van der Waals surface area contributed by atoms with Crippen molar-refractivity contribution in [1.29, 1.82) is 0 Å². The second kappa shape index (κ2) is 11.7. The van der Waals surface area contributed by atoms with Gasteiger partial charge >= 0.3 is 0 Å². The molecular formula is C26H29N7O3. The quantitative estimate of drug-likeness (QED) is 0.411. The van der Waals surface area contributed by atoms with Crippen molar-refractivity contribution in [2.75, 3.05) is 70.5 Å². The third kappa shape index (κ3) is 6.00. The first-order chi connectivity index (χ1) is 17.8. The molecule has 10 nitrogen and oxygen atoms in total. The molecule has 0 saturated carbocycles. The zero-order chi connectivity index (χ0) is 24.6. The van der Waals surface area contributed by atoms with Crippen molar-refractivity contribution in [1.82, 2.24) is 29.7 Å². The second-order valence-corrected chi connectivity index (χ2v) is 8.51. The lowest BCUT2D eigenvalue weighted by atomic mass is 10.3. The number of ether oxygens (including phenoxy) is 2. The van der Waals surface area contributed by atoms with Crippen molar-refractivity contribution >= 4 is 22.9 Å². The molecule has 2 saturated heterocycles. The fraction of sp³-hybridized carbons (Fsp3) is 0.385. The molecule has 0 spiro atoms. The van der Waals surface area contributed by atoms with Gasteiger partial charge in [-0.1, -0.05) is 30.2 Å². The Morgan fingerprint density at radius 2 is 1.89 bits per heavy atom. The molecule has 1 aromatic carbocycles. The zero-order valence-electron chi connectivity index (χ0n) is 20.1. The van der Waals surface area contributed by atoms with Gasteiger partial charge in [0.1, 0.15) is 18.7 Å². The molecule has 3 aromatic rings. The van der Waals surface area contributed by atoms with Crippen molar-refractivity contribution in [2.24, 2.45) is 0 Å². The molecule has 1 N–H and O–H groups in total. The molecule has 1 amide bonds. The highest BCUT2D eigenvalue weighted by Gasteiger charge is 2.23. The van der Waals surface area contributed by atoms with Gasteiger partial charge in [-0.25, -0.2) is 15.0 Å². The van der Waals surface area contributed by atoms with Gasteiger partial charge in [0.05, 0.1) is 13.2 Å². The van der Waals surface area contributed by atoms with Crippen LogP contribution >= 0.6 is 0 Å². The maximum absolute atomic E-state index is 12.6. The minimum Gasteiger partial charge on any atom is -0.481 e. The minimum absolute atomic E-state index is 0.0470. The molecule has 0 unspecified atom stereocenters. The smallest absolute Gasteiger partial charge is 0.246 e. The predicted octanol–water partition coefficient (Wildman–Crippen LogP) is 1.32. The molecule has 2 aromatic heterocycles. The number of nitrogens with one attached hydrogen (secondary N) is 1. The lowest BCUT2D eigenvalue weighted by Gasteiger charge is -2.34.